The topological polar surface area (TPSA) is 87.9 Å². The number of likely N-dealkylation sites (N-methyl/N-ethyl adjacent to an activating group) is 1. The van der Waals surface area contributed by atoms with Crippen molar-refractivity contribution in [2.45, 2.75) is 13.0 Å². The van der Waals surface area contributed by atoms with Crippen LogP contribution in [0.1, 0.15) is 11.1 Å². The van der Waals surface area contributed by atoms with Crippen molar-refractivity contribution in [3.8, 4) is 5.75 Å². The van der Waals surface area contributed by atoms with Crippen molar-refractivity contribution < 1.29 is 13.9 Å². The molecule has 2 aromatic heterocycles. The van der Waals surface area contributed by atoms with Gasteiger partial charge in [0.15, 0.2) is 5.65 Å². The van der Waals surface area contributed by atoms with Crippen LogP contribution in [-0.2, 0) is 13.0 Å². The Morgan fingerprint density at radius 3 is 3.04 bits per heavy atom. The number of urea groups is 1. The number of rotatable bonds is 4. The standard InChI is InChI=1S/C18H18FN7O2/c1-24-5-6-25(18(24)27)14-9-21-17(26-10-22-23-16(14)26)20-8-12-11-4-7-28-15(11)3-2-13(12)19/h2-3,9-10H,4-8H2,1H3,(H,20,21). The molecule has 0 aliphatic carbocycles. The van der Waals surface area contributed by atoms with E-state index in [4.69, 9.17) is 4.74 Å². The number of nitrogens with zero attached hydrogens (tertiary/aromatic N) is 6. The fraction of sp³-hybridized carbons (Fsp3) is 0.333. The smallest absolute Gasteiger partial charge is 0.324 e. The summed E-state index contributed by atoms with van der Waals surface area (Å²) in [7, 11) is 1.75. The Morgan fingerprint density at radius 1 is 1.32 bits per heavy atom. The van der Waals surface area contributed by atoms with Crippen molar-refractivity contribution in [2.24, 2.45) is 0 Å². The van der Waals surface area contributed by atoms with E-state index in [-0.39, 0.29) is 18.4 Å². The molecule has 4 heterocycles. The maximum Gasteiger partial charge on any atom is 0.324 e. The molecule has 9 nitrogen and oxygen atoms in total. The van der Waals surface area contributed by atoms with E-state index in [2.05, 4.69) is 20.5 Å². The van der Waals surface area contributed by atoms with Crippen LogP contribution in [0.5, 0.6) is 5.75 Å². The Hall–Kier alpha value is -3.43. The van der Waals surface area contributed by atoms with Crippen molar-refractivity contribution in [1.29, 1.82) is 0 Å². The van der Waals surface area contributed by atoms with Gasteiger partial charge in [0.2, 0.25) is 5.95 Å². The van der Waals surface area contributed by atoms with Gasteiger partial charge < -0.3 is 15.0 Å². The van der Waals surface area contributed by atoms with E-state index < -0.39 is 0 Å². The zero-order valence-corrected chi connectivity index (χ0v) is 15.2. The van der Waals surface area contributed by atoms with Crippen LogP contribution >= 0.6 is 0 Å². The molecule has 0 unspecified atom stereocenters. The SMILES string of the molecule is CN1CCN(c2cnc(NCc3c(F)ccc4c3CCO4)n3cnnc23)C1=O. The van der Waals surface area contributed by atoms with E-state index in [9.17, 15) is 9.18 Å². The summed E-state index contributed by atoms with van der Waals surface area (Å²) in [6, 6.07) is 2.98. The number of hydrogen-bond donors (Lipinski definition) is 1. The Labute approximate surface area is 159 Å². The zero-order valence-electron chi connectivity index (χ0n) is 15.2. The maximum atomic E-state index is 14.4. The summed E-state index contributed by atoms with van der Waals surface area (Å²) in [5.74, 6) is 0.923. The molecule has 0 spiro atoms. The van der Waals surface area contributed by atoms with Gasteiger partial charge in [-0.2, -0.15) is 0 Å². The molecule has 144 valence electrons. The number of nitrogens with one attached hydrogen (secondary N) is 1. The van der Waals surface area contributed by atoms with Crippen LogP contribution in [0.3, 0.4) is 0 Å². The highest BCUT2D eigenvalue weighted by molar-refractivity contribution is 5.97. The highest BCUT2D eigenvalue weighted by Gasteiger charge is 2.29. The van der Waals surface area contributed by atoms with Gasteiger partial charge in [-0.3, -0.25) is 4.90 Å². The van der Waals surface area contributed by atoms with Gasteiger partial charge in [-0.05, 0) is 12.1 Å². The summed E-state index contributed by atoms with van der Waals surface area (Å²) in [6.45, 7) is 2.02. The minimum absolute atomic E-state index is 0.102. The first kappa shape index (κ1) is 16.7. The number of ether oxygens (including phenoxy) is 1. The van der Waals surface area contributed by atoms with Gasteiger partial charge in [0, 0.05) is 44.2 Å². The summed E-state index contributed by atoms with van der Waals surface area (Å²) in [5, 5.41) is 11.3. The first-order valence-electron chi connectivity index (χ1n) is 9.02. The number of carbonyl (C=O) groups excluding carboxylic acids is 1. The van der Waals surface area contributed by atoms with Crippen LogP contribution < -0.4 is 15.0 Å². The van der Waals surface area contributed by atoms with Crippen molar-refractivity contribution in [3.05, 3.63) is 41.6 Å². The first-order chi connectivity index (χ1) is 13.6. The fourth-order valence-corrected chi connectivity index (χ4v) is 3.67. The molecule has 0 radical (unpaired) electrons. The van der Waals surface area contributed by atoms with Gasteiger partial charge in [-0.15, -0.1) is 10.2 Å². The number of aromatic nitrogens is 4. The van der Waals surface area contributed by atoms with E-state index in [0.717, 1.165) is 11.3 Å². The molecule has 3 aromatic rings. The Balaban J connectivity index is 1.46. The average Bonchev–Trinajstić information content (AvgIpc) is 3.42. The normalized spacial score (nSPS) is 16.0. The van der Waals surface area contributed by atoms with Crippen LogP contribution in [0, 0.1) is 5.82 Å². The third-order valence-electron chi connectivity index (χ3n) is 5.19. The average molecular weight is 383 g/mol. The van der Waals surface area contributed by atoms with Crippen molar-refractivity contribution >= 4 is 23.3 Å². The number of benzene rings is 1. The minimum Gasteiger partial charge on any atom is -0.493 e. The number of carbonyl (C=O) groups is 1. The van der Waals surface area contributed by atoms with Gasteiger partial charge in [0.1, 0.15) is 23.6 Å². The predicted molar refractivity (Wildman–Crippen MR) is 99.1 cm³/mol. The molecule has 2 amide bonds. The van der Waals surface area contributed by atoms with E-state index in [1.165, 1.54) is 12.4 Å². The second-order valence-electron chi connectivity index (χ2n) is 6.80. The molecule has 1 fully saturated rings. The number of halogens is 1. The summed E-state index contributed by atoms with van der Waals surface area (Å²) in [4.78, 5) is 20.0. The quantitative estimate of drug-likeness (QED) is 0.738. The molecule has 0 atom stereocenters. The lowest BCUT2D eigenvalue weighted by Gasteiger charge is -2.17. The summed E-state index contributed by atoms with van der Waals surface area (Å²) in [6.07, 6.45) is 3.80. The van der Waals surface area contributed by atoms with Crippen molar-refractivity contribution in [3.63, 3.8) is 0 Å². The lowest BCUT2D eigenvalue weighted by Crippen LogP contribution is -2.29. The van der Waals surface area contributed by atoms with Crippen LogP contribution in [0.25, 0.3) is 5.65 Å². The lowest BCUT2D eigenvalue weighted by atomic mass is 10.0. The molecule has 1 saturated heterocycles. The van der Waals surface area contributed by atoms with Crippen LogP contribution in [0.2, 0.25) is 0 Å². The molecular weight excluding hydrogens is 365 g/mol. The number of fused-ring (bicyclic) bond motifs is 2. The molecule has 1 N–H and O–H groups in total. The Bertz CT molecular complexity index is 1080. The van der Waals surface area contributed by atoms with E-state index >= 15 is 0 Å². The molecule has 5 rings (SSSR count). The summed E-state index contributed by atoms with van der Waals surface area (Å²) < 4.78 is 21.5. The Morgan fingerprint density at radius 2 is 2.21 bits per heavy atom. The molecule has 10 heteroatoms. The minimum atomic E-state index is -0.279. The third kappa shape index (κ3) is 2.52. The molecule has 28 heavy (non-hydrogen) atoms. The van der Waals surface area contributed by atoms with E-state index in [1.807, 2.05) is 0 Å². The molecule has 1 aromatic carbocycles. The molecular formula is C18H18FN7O2. The highest BCUT2D eigenvalue weighted by atomic mass is 19.1. The monoisotopic (exact) mass is 383 g/mol. The maximum absolute atomic E-state index is 14.4. The fourth-order valence-electron chi connectivity index (χ4n) is 3.67. The van der Waals surface area contributed by atoms with Crippen LogP contribution in [0.4, 0.5) is 20.8 Å². The van der Waals surface area contributed by atoms with Crippen LogP contribution in [0.15, 0.2) is 24.7 Å². The van der Waals surface area contributed by atoms with E-state index in [1.54, 1.807) is 33.5 Å². The van der Waals surface area contributed by atoms with Gasteiger partial charge in [-0.25, -0.2) is 18.6 Å². The molecule has 0 bridgehead atoms. The van der Waals surface area contributed by atoms with Gasteiger partial charge in [0.05, 0.1) is 12.8 Å². The number of hydrogen-bond acceptors (Lipinski definition) is 6. The van der Waals surface area contributed by atoms with Crippen molar-refractivity contribution in [2.75, 3.05) is 37.0 Å². The highest BCUT2D eigenvalue weighted by Crippen LogP contribution is 2.31. The van der Waals surface area contributed by atoms with E-state index in [0.29, 0.717) is 49.0 Å². The molecule has 2 aliphatic rings. The number of amides is 2. The summed E-state index contributed by atoms with van der Waals surface area (Å²) in [5.41, 5.74) is 2.56. The van der Waals surface area contributed by atoms with Gasteiger partial charge >= 0.3 is 6.03 Å². The predicted octanol–water partition coefficient (Wildman–Crippen LogP) is 1.68. The van der Waals surface area contributed by atoms with Gasteiger partial charge in [0.25, 0.3) is 0 Å². The Kier molecular flexibility index (Phi) is 3.78. The van der Waals surface area contributed by atoms with Gasteiger partial charge in [-0.1, -0.05) is 0 Å². The number of anilines is 2. The first-order valence-corrected chi connectivity index (χ1v) is 9.02. The lowest BCUT2D eigenvalue weighted by molar-refractivity contribution is 0.229. The largest absolute Gasteiger partial charge is 0.493 e. The summed E-state index contributed by atoms with van der Waals surface area (Å²) >= 11 is 0. The zero-order chi connectivity index (χ0) is 19.3. The van der Waals surface area contributed by atoms with Crippen molar-refractivity contribution in [1.82, 2.24) is 24.5 Å². The second kappa shape index (κ2) is 6.32. The molecule has 2 aliphatic heterocycles. The molecule has 0 saturated carbocycles. The second-order valence-corrected chi connectivity index (χ2v) is 6.80. The third-order valence-corrected chi connectivity index (χ3v) is 5.19. The van der Waals surface area contributed by atoms with Crippen LogP contribution in [-0.4, -0.2) is 57.3 Å².